The van der Waals surface area contributed by atoms with Crippen molar-refractivity contribution in [3.63, 3.8) is 0 Å². The van der Waals surface area contributed by atoms with Crippen LogP contribution in [0.3, 0.4) is 0 Å². The number of carbonyl (C=O) groups is 1. The lowest BCUT2D eigenvalue weighted by atomic mass is 9.40. The third kappa shape index (κ3) is 10.5. The Morgan fingerprint density at radius 2 is 1.30 bits per heavy atom. The molecule has 25 nitrogen and oxygen atoms in total. The number of allylic oxidation sites excluding steroid dienone is 3. The van der Waals surface area contributed by atoms with Crippen LogP contribution in [-0.4, -0.2) is 231 Å². The predicted molar refractivity (Wildman–Crippen MR) is 272 cm³/mol. The highest BCUT2D eigenvalue weighted by Gasteiger charge is 2.79. The average molecular weight is 1170 g/mol. The number of cyclic esters (lactones) is 1. The van der Waals surface area contributed by atoms with Crippen molar-refractivity contribution in [1.29, 1.82) is 0 Å². The van der Waals surface area contributed by atoms with Crippen molar-refractivity contribution >= 4 is 16.4 Å². The normalized spacial score (nSPS) is 51.0. The van der Waals surface area contributed by atoms with Crippen molar-refractivity contribution in [1.82, 2.24) is 0 Å². The van der Waals surface area contributed by atoms with E-state index in [0.717, 1.165) is 37.7 Å². The molecule has 0 aromatic carbocycles. The monoisotopic (exact) mass is 1170 g/mol. The van der Waals surface area contributed by atoms with E-state index >= 15 is 0 Å². The zero-order chi connectivity index (χ0) is 58.6. The Balaban J connectivity index is 0.907. The second-order valence-electron chi connectivity index (χ2n) is 25.4. The minimum atomic E-state index is -5.17. The van der Waals surface area contributed by atoms with Crippen LogP contribution in [0.25, 0.3) is 0 Å². The Morgan fingerprint density at radius 3 is 1.91 bits per heavy atom. The fourth-order valence-corrected chi connectivity index (χ4v) is 16.7. The highest BCUT2D eigenvalue weighted by Crippen LogP contribution is 2.76. The molecule has 3 saturated carbocycles. The summed E-state index contributed by atoms with van der Waals surface area (Å²) in [5.41, 5.74) is -1.18. The lowest BCUT2D eigenvalue weighted by Crippen LogP contribution is -2.67. The summed E-state index contributed by atoms with van der Waals surface area (Å²) in [5, 5.41) is 112. The number of methoxy groups -OCH3 is 1. The van der Waals surface area contributed by atoms with Gasteiger partial charge in [0, 0.05) is 13.0 Å². The molecular weight excluding hydrogens is 1080 g/mol. The first-order valence-corrected chi connectivity index (χ1v) is 29.4. The lowest BCUT2D eigenvalue weighted by molar-refractivity contribution is -0.389. The first kappa shape index (κ1) is 62.6. The van der Waals surface area contributed by atoms with Gasteiger partial charge in [0.25, 0.3) is 0 Å². The highest BCUT2D eigenvalue weighted by atomic mass is 32.3. The van der Waals surface area contributed by atoms with Gasteiger partial charge < -0.3 is 98.4 Å². The van der Waals surface area contributed by atoms with Crippen molar-refractivity contribution < 1.29 is 120 Å². The summed E-state index contributed by atoms with van der Waals surface area (Å²) in [5.74, 6) is -0.537. The molecule has 5 aliphatic heterocycles. The van der Waals surface area contributed by atoms with E-state index < -0.39 is 186 Å². The first-order valence-electron chi connectivity index (χ1n) is 28.1. The van der Waals surface area contributed by atoms with Gasteiger partial charge in [-0.3, -0.25) is 9.35 Å². The molecule has 9 rings (SSSR count). The first-order chi connectivity index (χ1) is 37.4. The minimum Gasteiger partial charge on any atom is -0.458 e. The van der Waals surface area contributed by atoms with Crippen LogP contribution >= 0.6 is 0 Å². The Hall–Kier alpha value is -1.94. The van der Waals surface area contributed by atoms with Crippen LogP contribution in [0.15, 0.2) is 23.3 Å². The third-order valence-corrected chi connectivity index (χ3v) is 20.8. The van der Waals surface area contributed by atoms with E-state index in [1.165, 1.54) is 19.6 Å². The van der Waals surface area contributed by atoms with Gasteiger partial charge in [-0.1, -0.05) is 51.0 Å². The number of esters is 1. The molecule has 21 unspecified atom stereocenters. The maximum atomic E-state index is 14.4. The van der Waals surface area contributed by atoms with Gasteiger partial charge in [0.05, 0.1) is 38.1 Å². The van der Waals surface area contributed by atoms with Crippen LogP contribution in [-0.2, 0) is 66.7 Å². The van der Waals surface area contributed by atoms with Gasteiger partial charge in [-0.2, -0.15) is 8.42 Å². The molecule has 0 radical (unpaired) electrons. The second kappa shape index (κ2) is 23.1. The van der Waals surface area contributed by atoms with Gasteiger partial charge in [-0.05, 0) is 107 Å². The molecule has 5 saturated heterocycles. The number of fused-ring (bicyclic) bond motifs is 4. The van der Waals surface area contributed by atoms with E-state index in [1.807, 2.05) is 26.8 Å². The molecule has 0 amide bonds. The Bertz CT molecular complexity index is 2390. The van der Waals surface area contributed by atoms with E-state index in [-0.39, 0.29) is 23.7 Å². The number of rotatable bonds is 16. The maximum Gasteiger partial charge on any atom is 0.397 e. The SMILES string of the molecule is COC1C(O)C(CO)OC(OC2C(O)C(CO)OC(OC3C(C)OC(OC4C(OC5CC[C@]6(C)C7=C[C@H](O)C89C(=O)O[C@@](C)(CCC=C(C)C)[C@H]8CC[C@@]9(C)[C@@H]7CC[C@H]6C5(C)C)OCC(OS(=O)(=O)O)C4O)C(O)C3O)C2O)C1O. The van der Waals surface area contributed by atoms with E-state index in [0.29, 0.717) is 19.3 Å². The summed E-state index contributed by atoms with van der Waals surface area (Å²) in [4.78, 5) is 14.4. The minimum absolute atomic E-state index is 0.00689. The molecular formula is C54H86O25S. The van der Waals surface area contributed by atoms with Gasteiger partial charge in [-0.25, -0.2) is 4.18 Å². The molecule has 0 bridgehead atoms. The highest BCUT2D eigenvalue weighted by molar-refractivity contribution is 7.80. The van der Waals surface area contributed by atoms with Crippen molar-refractivity contribution in [2.24, 2.45) is 39.4 Å². The van der Waals surface area contributed by atoms with Gasteiger partial charge in [0.1, 0.15) is 96.5 Å². The zero-order valence-corrected chi connectivity index (χ0v) is 47.6. The Kier molecular flexibility index (Phi) is 18.0. The topological polar surface area (TPSA) is 375 Å². The molecule has 4 aliphatic carbocycles. The van der Waals surface area contributed by atoms with Crippen LogP contribution in [0.4, 0.5) is 0 Å². The largest absolute Gasteiger partial charge is 0.458 e. The predicted octanol–water partition coefficient (Wildman–Crippen LogP) is -0.590. The van der Waals surface area contributed by atoms with E-state index in [1.54, 1.807) is 0 Å². The summed E-state index contributed by atoms with van der Waals surface area (Å²) >= 11 is 0. The summed E-state index contributed by atoms with van der Waals surface area (Å²) in [6, 6.07) is 0. The molecule has 26 heteroatoms. The van der Waals surface area contributed by atoms with Crippen molar-refractivity contribution in [3.8, 4) is 0 Å². The molecule has 11 N–H and O–H groups in total. The van der Waals surface area contributed by atoms with Crippen LogP contribution in [0.2, 0.25) is 0 Å². The van der Waals surface area contributed by atoms with E-state index in [2.05, 4.69) is 33.8 Å². The fraction of sp³-hybridized carbons (Fsp3) is 0.907. The van der Waals surface area contributed by atoms with Crippen LogP contribution in [0, 0.1) is 39.4 Å². The van der Waals surface area contributed by atoms with Gasteiger partial charge in [0.2, 0.25) is 0 Å². The second-order valence-corrected chi connectivity index (χ2v) is 26.5. The molecule has 80 heavy (non-hydrogen) atoms. The summed E-state index contributed by atoms with van der Waals surface area (Å²) < 4.78 is 98.1. The molecule has 28 atom stereocenters. The summed E-state index contributed by atoms with van der Waals surface area (Å²) in [6.07, 6.45) is -24.1. The lowest BCUT2D eigenvalue weighted by Gasteiger charge is -2.64. The molecule has 1 spiro atoms. The van der Waals surface area contributed by atoms with Crippen LogP contribution < -0.4 is 0 Å². The average Bonchev–Trinajstić information content (AvgIpc) is 3.90. The van der Waals surface area contributed by atoms with Crippen LogP contribution in [0.1, 0.15) is 107 Å². The molecule has 8 fully saturated rings. The number of hydrogen-bond donors (Lipinski definition) is 11. The maximum absolute atomic E-state index is 14.4. The smallest absolute Gasteiger partial charge is 0.397 e. The third-order valence-electron chi connectivity index (χ3n) is 20.3. The van der Waals surface area contributed by atoms with Crippen molar-refractivity contribution in [2.45, 2.75) is 241 Å². The van der Waals surface area contributed by atoms with Gasteiger partial charge in [0.15, 0.2) is 25.2 Å². The van der Waals surface area contributed by atoms with Crippen LogP contribution in [0.5, 0.6) is 0 Å². The number of hydrogen-bond acceptors (Lipinski definition) is 24. The molecule has 0 aromatic heterocycles. The number of carbonyl (C=O) groups excluding carboxylic acids is 1. The number of ether oxygens (including phenoxy) is 10. The van der Waals surface area contributed by atoms with Crippen molar-refractivity contribution in [3.05, 3.63) is 23.3 Å². The standard InChI is InChI=1S/C54H86O25S/c1-23(2)11-10-16-53(8)31-14-18-52(7)25-12-13-30-50(4,5)33(15-17-51(30,6)26(25)19-32(57)54(31,52)49(65)78-53)74-48-44(36(60)29(22-70-48)79-80(66,67)68)77-45-38(62)37(61)41(24(3)71-45)75-47-40(64)43(35(59)28(21-56)73-47)76-46-39(63)42(69-9)34(58)27(20-55)72-46/h11,19,24-25,27-48,55-64H,10,12-18,20-22H2,1-9H3,(H,66,67,68)/t24?,25-,27?,28?,29?,30+,31-,32+,33?,34?,35?,36?,37?,38?,39?,40?,41?,42?,43?,44?,45?,46?,47?,48?,51-,52+,53+,54?/m1/s1. The summed E-state index contributed by atoms with van der Waals surface area (Å²) in [6.45, 7) is 13.8. The van der Waals surface area contributed by atoms with Gasteiger partial charge >= 0.3 is 16.4 Å². The zero-order valence-electron chi connectivity index (χ0n) is 46.8. The molecule has 0 aromatic rings. The molecule has 458 valence electrons. The number of aliphatic hydroxyl groups is 10. The molecule has 5 heterocycles. The summed E-state index contributed by atoms with van der Waals surface area (Å²) in [7, 11) is -3.99. The number of aliphatic hydroxyl groups excluding tert-OH is 10. The Labute approximate surface area is 466 Å². The van der Waals surface area contributed by atoms with Crippen molar-refractivity contribution in [2.75, 3.05) is 26.9 Å². The van der Waals surface area contributed by atoms with E-state index in [9.17, 15) is 68.8 Å². The van der Waals surface area contributed by atoms with E-state index in [4.69, 9.17) is 51.6 Å². The Morgan fingerprint density at radius 1 is 0.700 bits per heavy atom. The van der Waals surface area contributed by atoms with Gasteiger partial charge in [-0.15, -0.1) is 0 Å². The quantitative estimate of drug-likeness (QED) is 0.0398. The fourth-order valence-electron chi connectivity index (χ4n) is 16.2. The molecule has 9 aliphatic rings.